The van der Waals surface area contributed by atoms with Crippen LogP contribution in [0.15, 0.2) is 41.2 Å². The average molecular weight is 203 g/mol. The summed E-state index contributed by atoms with van der Waals surface area (Å²) < 4.78 is 1.41. The van der Waals surface area contributed by atoms with E-state index in [0.29, 0.717) is 0 Å². The van der Waals surface area contributed by atoms with Gasteiger partial charge in [-0.05, 0) is 5.56 Å². The number of aromatic nitrogens is 2. The highest BCUT2D eigenvalue weighted by atomic mass is 16.1. The summed E-state index contributed by atoms with van der Waals surface area (Å²) in [6.45, 7) is 0. The summed E-state index contributed by atoms with van der Waals surface area (Å²) in [6, 6.07) is 10.9. The molecule has 1 heterocycles. The lowest BCUT2D eigenvalue weighted by molar-refractivity contribution is 0.700. The van der Waals surface area contributed by atoms with E-state index in [1.165, 1.54) is 10.7 Å². The molecule has 78 valence electrons. The van der Waals surface area contributed by atoms with Crippen molar-refractivity contribution < 1.29 is 0 Å². The normalized spacial score (nSPS) is 12.7. The molecule has 1 aromatic heterocycles. The molecular weight excluding hydrogens is 190 g/mol. The van der Waals surface area contributed by atoms with Crippen LogP contribution in [0.5, 0.6) is 0 Å². The highest BCUT2D eigenvalue weighted by Gasteiger charge is 2.11. The zero-order chi connectivity index (χ0) is 10.8. The summed E-state index contributed by atoms with van der Waals surface area (Å²) in [4.78, 5) is 11.3. The van der Waals surface area contributed by atoms with Crippen LogP contribution in [0, 0.1) is 0 Å². The van der Waals surface area contributed by atoms with Gasteiger partial charge in [0.25, 0.3) is 5.56 Å². The first-order chi connectivity index (χ1) is 7.18. The summed E-state index contributed by atoms with van der Waals surface area (Å²) in [7, 11) is 1.67. The minimum Gasteiger partial charge on any atom is -0.319 e. The van der Waals surface area contributed by atoms with Crippen molar-refractivity contribution in [2.24, 2.45) is 12.8 Å². The molecule has 4 nitrogen and oxygen atoms in total. The first-order valence-electron chi connectivity index (χ1n) is 4.75. The van der Waals surface area contributed by atoms with Crippen molar-refractivity contribution in [2.45, 2.75) is 6.04 Å². The van der Waals surface area contributed by atoms with Gasteiger partial charge < -0.3 is 5.73 Å². The molecule has 2 rings (SSSR count). The molecule has 0 saturated carbocycles. The van der Waals surface area contributed by atoms with Crippen molar-refractivity contribution in [3.8, 4) is 0 Å². The lowest BCUT2D eigenvalue weighted by Crippen LogP contribution is -2.12. The van der Waals surface area contributed by atoms with Gasteiger partial charge in [-0.2, -0.15) is 0 Å². The van der Waals surface area contributed by atoms with Gasteiger partial charge >= 0.3 is 0 Å². The number of hydrogen-bond acceptors (Lipinski definition) is 2. The van der Waals surface area contributed by atoms with Crippen LogP contribution in [0.25, 0.3) is 0 Å². The SMILES string of the molecule is Cn1[nH]c(C(N)c2ccccc2)cc1=O. The first kappa shape index (κ1) is 9.73. The fraction of sp³-hybridized carbons (Fsp3) is 0.182. The van der Waals surface area contributed by atoms with Crippen LogP contribution in [0.3, 0.4) is 0 Å². The van der Waals surface area contributed by atoms with E-state index in [9.17, 15) is 4.79 Å². The van der Waals surface area contributed by atoms with E-state index >= 15 is 0 Å². The highest BCUT2D eigenvalue weighted by Crippen LogP contribution is 2.15. The van der Waals surface area contributed by atoms with Gasteiger partial charge in [0.1, 0.15) is 0 Å². The van der Waals surface area contributed by atoms with Gasteiger partial charge in [-0.3, -0.25) is 14.6 Å². The molecule has 0 spiro atoms. The van der Waals surface area contributed by atoms with Gasteiger partial charge in [0, 0.05) is 13.1 Å². The second kappa shape index (κ2) is 3.74. The van der Waals surface area contributed by atoms with Crippen molar-refractivity contribution >= 4 is 0 Å². The number of benzene rings is 1. The molecule has 0 fully saturated rings. The van der Waals surface area contributed by atoms with Crippen LogP contribution in [-0.2, 0) is 7.05 Å². The Bertz CT molecular complexity index is 498. The lowest BCUT2D eigenvalue weighted by atomic mass is 10.1. The summed E-state index contributed by atoms with van der Waals surface area (Å²) in [5.41, 5.74) is 7.66. The zero-order valence-electron chi connectivity index (χ0n) is 8.47. The number of H-pyrrole nitrogens is 1. The van der Waals surface area contributed by atoms with Crippen molar-refractivity contribution in [3.63, 3.8) is 0 Å². The van der Waals surface area contributed by atoms with Gasteiger partial charge in [0.2, 0.25) is 0 Å². The number of hydrogen-bond donors (Lipinski definition) is 2. The summed E-state index contributed by atoms with van der Waals surface area (Å²) in [5.74, 6) is 0. The van der Waals surface area contributed by atoms with Crippen LogP contribution < -0.4 is 11.3 Å². The van der Waals surface area contributed by atoms with Gasteiger partial charge in [0.15, 0.2) is 0 Å². The molecule has 0 amide bonds. The molecule has 4 heteroatoms. The molecule has 1 atom stereocenters. The van der Waals surface area contributed by atoms with Crippen molar-refractivity contribution in [1.29, 1.82) is 0 Å². The third-order valence-corrected chi connectivity index (χ3v) is 2.40. The topological polar surface area (TPSA) is 63.8 Å². The second-order valence-corrected chi connectivity index (χ2v) is 3.50. The Morgan fingerprint density at radius 3 is 2.53 bits per heavy atom. The van der Waals surface area contributed by atoms with Gasteiger partial charge in [-0.15, -0.1) is 0 Å². The lowest BCUT2D eigenvalue weighted by Gasteiger charge is -2.09. The molecule has 0 aliphatic carbocycles. The largest absolute Gasteiger partial charge is 0.319 e. The summed E-state index contributed by atoms with van der Waals surface area (Å²) in [5, 5.41) is 2.92. The average Bonchev–Trinajstić information content (AvgIpc) is 2.59. The molecule has 0 bridgehead atoms. The maximum Gasteiger partial charge on any atom is 0.266 e. The third kappa shape index (κ3) is 1.85. The Hall–Kier alpha value is -1.81. The molecule has 1 aromatic carbocycles. The molecular formula is C11H13N3O. The minimum atomic E-state index is -0.278. The predicted molar refractivity (Wildman–Crippen MR) is 58.5 cm³/mol. The van der Waals surface area contributed by atoms with E-state index in [1.54, 1.807) is 7.05 Å². The number of aromatic amines is 1. The standard InChI is InChI=1S/C11H13N3O/c1-14-10(15)7-9(13-14)11(12)8-5-3-2-4-6-8/h2-7,11,13H,12H2,1H3. The zero-order valence-corrected chi connectivity index (χ0v) is 8.47. The Kier molecular flexibility index (Phi) is 2.43. The highest BCUT2D eigenvalue weighted by molar-refractivity contribution is 5.26. The van der Waals surface area contributed by atoms with E-state index in [0.717, 1.165) is 11.3 Å². The second-order valence-electron chi connectivity index (χ2n) is 3.50. The predicted octanol–water partition coefficient (Wildman–Crippen LogP) is 0.762. The van der Waals surface area contributed by atoms with E-state index < -0.39 is 0 Å². The molecule has 1 unspecified atom stereocenters. The summed E-state index contributed by atoms with van der Waals surface area (Å²) >= 11 is 0. The van der Waals surface area contributed by atoms with E-state index in [4.69, 9.17) is 5.73 Å². The third-order valence-electron chi connectivity index (χ3n) is 2.40. The molecule has 0 aliphatic rings. The maximum absolute atomic E-state index is 11.3. The van der Waals surface area contributed by atoms with E-state index in [2.05, 4.69) is 5.10 Å². The monoisotopic (exact) mass is 203 g/mol. The van der Waals surface area contributed by atoms with Gasteiger partial charge in [-0.25, -0.2) is 0 Å². The molecule has 2 aromatic rings. The first-order valence-corrected chi connectivity index (χ1v) is 4.75. The fourth-order valence-corrected chi connectivity index (χ4v) is 1.51. The summed E-state index contributed by atoms with van der Waals surface area (Å²) in [6.07, 6.45) is 0. The van der Waals surface area contributed by atoms with E-state index in [1.807, 2.05) is 30.3 Å². The number of nitrogens with one attached hydrogen (secondary N) is 1. The van der Waals surface area contributed by atoms with Crippen LogP contribution >= 0.6 is 0 Å². The van der Waals surface area contributed by atoms with Crippen molar-refractivity contribution in [1.82, 2.24) is 9.78 Å². The van der Waals surface area contributed by atoms with Crippen molar-refractivity contribution in [3.05, 3.63) is 58.0 Å². The Labute approximate surface area is 87.3 Å². The number of aryl methyl sites for hydroxylation is 1. The van der Waals surface area contributed by atoms with Crippen LogP contribution in [-0.4, -0.2) is 9.78 Å². The van der Waals surface area contributed by atoms with Gasteiger partial charge in [0.05, 0.1) is 11.7 Å². The molecule has 15 heavy (non-hydrogen) atoms. The van der Waals surface area contributed by atoms with Crippen LogP contribution in [0.2, 0.25) is 0 Å². The molecule has 0 saturated heterocycles. The quantitative estimate of drug-likeness (QED) is 0.757. The Balaban J connectivity index is 2.36. The number of nitrogens with two attached hydrogens (primary N) is 1. The Morgan fingerprint density at radius 2 is 2.00 bits per heavy atom. The molecule has 3 N–H and O–H groups in total. The van der Waals surface area contributed by atoms with Crippen molar-refractivity contribution in [2.75, 3.05) is 0 Å². The molecule has 0 aliphatic heterocycles. The molecule has 0 radical (unpaired) electrons. The smallest absolute Gasteiger partial charge is 0.266 e. The fourth-order valence-electron chi connectivity index (χ4n) is 1.51. The number of rotatable bonds is 2. The van der Waals surface area contributed by atoms with Crippen LogP contribution in [0.4, 0.5) is 0 Å². The van der Waals surface area contributed by atoms with Gasteiger partial charge in [-0.1, -0.05) is 30.3 Å². The van der Waals surface area contributed by atoms with E-state index in [-0.39, 0.29) is 11.6 Å². The van der Waals surface area contributed by atoms with Crippen LogP contribution in [0.1, 0.15) is 17.3 Å². The number of nitrogens with zero attached hydrogens (tertiary/aromatic N) is 1. The minimum absolute atomic E-state index is 0.0728. The maximum atomic E-state index is 11.3. The Morgan fingerprint density at radius 1 is 1.33 bits per heavy atom.